The second-order valence-electron chi connectivity index (χ2n) is 6.81. The highest BCUT2D eigenvalue weighted by Crippen LogP contribution is 2.14. The lowest BCUT2D eigenvalue weighted by atomic mass is 10.2. The van der Waals surface area contributed by atoms with Crippen molar-refractivity contribution in [3.8, 4) is 11.6 Å². The molecule has 2 aromatic heterocycles. The van der Waals surface area contributed by atoms with E-state index in [1.54, 1.807) is 6.26 Å². The van der Waals surface area contributed by atoms with Gasteiger partial charge in [-0.2, -0.15) is 0 Å². The molecule has 0 amide bonds. The van der Waals surface area contributed by atoms with E-state index < -0.39 is 0 Å². The predicted molar refractivity (Wildman–Crippen MR) is 106 cm³/mol. The first-order valence-electron chi connectivity index (χ1n) is 10.0. The molecule has 0 spiro atoms. The third-order valence-corrected chi connectivity index (χ3v) is 4.65. The van der Waals surface area contributed by atoms with Crippen molar-refractivity contribution in [3.63, 3.8) is 0 Å². The average molecular weight is 374 g/mol. The number of aromatic nitrogens is 3. The molecular formula is C19H31N7O. The maximum atomic E-state index is 5.31. The molecule has 0 atom stereocenters. The van der Waals surface area contributed by atoms with Crippen LogP contribution in [-0.2, 0) is 6.54 Å². The Hall–Kier alpha value is -2.35. The van der Waals surface area contributed by atoms with E-state index in [9.17, 15) is 0 Å². The number of furan rings is 1. The number of nitrogens with one attached hydrogen (secondary N) is 3. The third kappa shape index (κ3) is 6.39. The summed E-state index contributed by atoms with van der Waals surface area (Å²) in [6, 6.07) is 3.66. The van der Waals surface area contributed by atoms with Crippen molar-refractivity contribution in [2.75, 3.05) is 32.7 Å². The van der Waals surface area contributed by atoms with Crippen LogP contribution in [0.15, 0.2) is 27.8 Å². The Labute approximate surface area is 160 Å². The van der Waals surface area contributed by atoms with Crippen LogP contribution in [0.3, 0.4) is 0 Å². The van der Waals surface area contributed by atoms with Gasteiger partial charge in [-0.05, 0) is 58.0 Å². The van der Waals surface area contributed by atoms with Gasteiger partial charge in [-0.25, -0.2) is 9.98 Å². The topological polar surface area (TPSA) is 94.4 Å². The second-order valence-corrected chi connectivity index (χ2v) is 6.81. The zero-order chi connectivity index (χ0) is 18.7. The van der Waals surface area contributed by atoms with Gasteiger partial charge in [-0.15, -0.1) is 5.10 Å². The van der Waals surface area contributed by atoms with Gasteiger partial charge in [-0.3, -0.25) is 5.10 Å². The standard InChI is InChI=1S/C19H31N7O/c1-2-20-19(21-10-8-13-26-11-5-3-4-6-12-26)22-15-17-23-18(25-24-17)16-9-7-14-27-16/h7,9,14H,2-6,8,10-13,15H2,1H3,(H2,20,21,22)(H,23,24,25). The molecule has 1 aliphatic heterocycles. The minimum atomic E-state index is 0.440. The van der Waals surface area contributed by atoms with Crippen molar-refractivity contribution in [3.05, 3.63) is 24.2 Å². The van der Waals surface area contributed by atoms with E-state index in [0.29, 0.717) is 24.0 Å². The Morgan fingerprint density at radius 2 is 2.11 bits per heavy atom. The molecule has 0 aromatic carbocycles. The first kappa shape index (κ1) is 19.4. The van der Waals surface area contributed by atoms with Crippen LogP contribution in [0.2, 0.25) is 0 Å². The molecule has 1 fully saturated rings. The zero-order valence-electron chi connectivity index (χ0n) is 16.2. The van der Waals surface area contributed by atoms with Gasteiger partial charge in [0.2, 0.25) is 5.82 Å². The van der Waals surface area contributed by atoms with Crippen molar-refractivity contribution >= 4 is 5.96 Å². The van der Waals surface area contributed by atoms with Crippen LogP contribution >= 0.6 is 0 Å². The molecule has 0 saturated carbocycles. The zero-order valence-corrected chi connectivity index (χ0v) is 16.2. The number of hydrogen-bond acceptors (Lipinski definition) is 5. The number of aliphatic imine (C=N–C) groups is 1. The van der Waals surface area contributed by atoms with Gasteiger partial charge in [0.25, 0.3) is 0 Å². The van der Waals surface area contributed by atoms with E-state index in [4.69, 9.17) is 4.42 Å². The Morgan fingerprint density at radius 3 is 2.85 bits per heavy atom. The maximum absolute atomic E-state index is 5.31. The summed E-state index contributed by atoms with van der Waals surface area (Å²) in [4.78, 5) is 11.6. The Kier molecular flexibility index (Phi) is 7.70. The van der Waals surface area contributed by atoms with E-state index >= 15 is 0 Å². The lowest BCUT2D eigenvalue weighted by molar-refractivity contribution is 0.282. The van der Waals surface area contributed by atoms with Crippen LogP contribution in [0.1, 0.15) is 44.9 Å². The summed E-state index contributed by atoms with van der Waals surface area (Å²) in [6.07, 6.45) is 8.19. The van der Waals surface area contributed by atoms with Crippen LogP contribution in [0, 0.1) is 0 Å². The van der Waals surface area contributed by atoms with Gasteiger partial charge < -0.3 is 20.0 Å². The summed E-state index contributed by atoms with van der Waals surface area (Å²) >= 11 is 0. The molecule has 3 N–H and O–H groups in total. The molecule has 0 aliphatic carbocycles. The lowest BCUT2D eigenvalue weighted by Crippen LogP contribution is -2.39. The molecule has 0 radical (unpaired) electrons. The predicted octanol–water partition coefficient (Wildman–Crippen LogP) is 2.39. The van der Waals surface area contributed by atoms with E-state index in [0.717, 1.165) is 32.0 Å². The summed E-state index contributed by atoms with van der Waals surface area (Å²) < 4.78 is 5.31. The molecule has 27 heavy (non-hydrogen) atoms. The molecule has 8 heteroatoms. The lowest BCUT2D eigenvalue weighted by Gasteiger charge is -2.20. The molecule has 0 bridgehead atoms. The van der Waals surface area contributed by atoms with Gasteiger partial charge in [0.05, 0.1) is 6.26 Å². The summed E-state index contributed by atoms with van der Waals surface area (Å²) in [5.74, 6) is 2.73. The Morgan fingerprint density at radius 1 is 1.26 bits per heavy atom. The van der Waals surface area contributed by atoms with Crippen LogP contribution in [-0.4, -0.2) is 58.8 Å². The number of H-pyrrole nitrogens is 1. The molecule has 1 aliphatic rings. The van der Waals surface area contributed by atoms with Crippen LogP contribution in [0.25, 0.3) is 11.6 Å². The number of rotatable bonds is 8. The van der Waals surface area contributed by atoms with Crippen LogP contribution < -0.4 is 10.6 Å². The molecule has 3 rings (SSSR count). The molecule has 148 valence electrons. The van der Waals surface area contributed by atoms with Gasteiger partial charge in [0.1, 0.15) is 12.4 Å². The maximum Gasteiger partial charge on any atom is 0.216 e. The summed E-state index contributed by atoms with van der Waals surface area (Å²) in [7, 11) is 0. The first-order chi connectivity index (χ1) is 13.3. The molecule has 2 aromatic rings. The smallest absolute Gasteiger partial charge is 0.216 e. The number of hydrogen-bond donors (Lipinski definition) is 3. The fourth-order valence-electron chi connectivity index (χ4n) is 3.25. The Bertz CT molecular complexity index is 672. The fourth-order valence-corrected chi connectivity index (χ4v) is 3.25. The normalized spacial score (nSPS) is 16.3. The number of nitrogens with zero attached hydrogens (tertiary/aromatic N) is 4. The average Bonchev–Trinajstić information content (AvgIpc) is 3.31. The van der Waals surface area contributed by atoms with Crippen molar-refractivity contribution in [1.29, 1.82) is 0 Å². The Balaban J connectivity index is 1.43. The summed E-state index contributed by atoms with van der Waals surface area (Å²) in [5, 5.41) is 13.8. The first-order valence-corrected chi connectivity index (χ1v) is 10.0. The van der Waals surface area contributed by atoms with Crippen LogP contribution in [0.4, 0.5) is 0 Å². The quantitative estimate of drug-likeness (QED) is 0.374. The summed E-state index contributed by atoms with van der Waals surface area (Å²) in [6.45, 7) is 7.89. The van der Waals surface area contributed by atoms with Crippen molar-refractivity contribution < 1.29 is 4.42 Å². The van der Waals surface area contributed by atoms with Crippen molar-refractivity contribution in [2.24, 2.45) is 4.99 Å². The van der Waals surface area contributed by atoms with Gasteiger partial charge in [0.15, 0.2) is 11.7 Å². The third-order valence-electron chi connectivity index (χ3n) is 4.65. The molecule has 3 heterocycles. The molecule has 8 nitrogen and oxygen atoms in total. The minimum Gasteiger partial charge on any atom is -0.461 e. The highest BCUT2D eigenvalue weighted by Gasteiger charge is 2.09. The molecule has 0 unspecified atom stereocenters. The summed E-state index contributed by atoms with van der Waals surface area (Å²) in [5.41, 5.74) is 0. The fraction of sp³-hybridized carbons (Fsp3) is 0.632. The number of guanidine groups is 1. The van der Waals surface area contributed by atoms with Gasteiger partial charge in [0, 0.05) is 13.1 Å². The van der Waals surface area contributed by atoms with E-state index in [-0.39, 0.29) is 0 Å². The van der Waals surface area contributed by atoms with E-state index in [2.05, 4.69) is 42.6 Å². The van der Waals surface area contributed by atoms with Crippen molar-refractivity contribution in [1.82, 2.24) is 30.7 Å². The SMILES string of the molecule is CCNC(=NCc1nc(-c2ccco2)n[nH]1)NCCCN1CCCCCC1. The van der Waals surface area contributed by atoms with E-state index in [1.165, 1.54) is 38.8 Å². The second kappa shape index (κ2) is 10.7. The molecular weight excluding hydrogens is 342 g/mol. The van der Waals surface area contributed by atoms with Crippen LogP contribution in [0.5, 0.6) is 0 Å². The van der Waals surface area contributed by atoms with Gasteiger partial charge >= 0.3 is 0 Å². The van der Waals surface area contributed by atoms with E-state index in [1.807, 2.05) is 12.1 Å². The highest BCUT2D eigenvalue weighted by molar-refractivity contribution is 5.79. The molecule has 1 saturated heterocycles. The van der Waals surface area contributed by atoms with Crippen molar-refractivity contribution in [2.45, 2.75) is 45.6 Å². The minimum absolute atomic E-state index is 0.440. The largest absolute Gasteiger partial charge is 0.461 e. The highest BCUT2D eigenvalue weighted by atomic mass is 16.3. The van der Waals surface area contributed by atoms with Gasteiger partial charge in [-0.1, -0.05) is 12.8 Å². The number of likely N-dealkylation sites (tertiary alicyclic amines) is 1. The number of aromatic amines is 1. The monoisotopic (exact) mass is 373 g/mol.